The third kappa shape index (κ3) is 3.55. The van der Waals surface area contributed by atoms with Crippen LogP contribution in [-0.2, 0) is 7.05 Å². The molecule has 2 aromatic rings. The van der Waals surface area contributed by atoms with Crippen molar-refractivity contribution in [1.29, 1.82) is 5.26 Å². The van der Waals surface area contributed by atoms with E-state index in [0.29, 0.717) is 30.3 Å². The Kier molecular flexibility index (Phi) is 5.25. The van der Waals surface area contributed by atoms with Crippen molar-refractivity contribution in [2.24, 2.45) is 12.8 Å². The van der Waals surface area contributed by atoms with Gasteiger partial charge in [0, 0.05) is 31.7 Å². The van der Waals surface area contributed by atoms with Crippen LogP contribution in [0.1, 0.15) is 30.9 Å². The number of rotatable bonds is 2. The zero-order valence-electron chi connectivity index (χ0n) is 15.3. The maximum absolute atomic E-state index is 14.1. The first-order valence-corrected chi connectivity index (χ1v) is 8.70. The molecule has 0 atom stereocenters. The second-order valence-electron chi connectivity index (χ2n) is 6.51. The van der Waals surface area contributed by atoms with E-state index in [1.807, 2.05) is 4.90 Å². The fraction of sp³-hybridized carbons (Fsp3) is 0.350. The highest BCUT2D eigenvalue weighted by atomic mass is 19.1. The molecular weight excluding hydrogens is 345 g/mol. The maximum atomic E-state index is 14.1. The minimum atomic E-state index is -0.654. The SMILES string of the molecule is CC#Cc1c(-c2ccc(C#N)c(F)c2)nc(N2CCC(N)CC2)n(C)c1=O. The van der Waals surface area contributed by atoms with Crippen molar-refractivity contribution >= 4 is 5.95 Å². The van der Waals surface area contributed by atoms with Crippen LogP contribution in [0.15, 0.2) is 23.0 Å². The summed E-state index contributed by atoms with van der Waals surface area (Å²) in [6.45, 7) is 3.02. The molecule has 0 bridgehead atoms. The summed E-state index contributed by atoms with van der Waals surface area (Å²) in [5.41, 5.74) is 6.57. The van der Waals surface area contributed by atoms with Crippen molar-refractivity contribution in [3.63, 3.8) is 0 Å². The van der Waals surface area contributed by atoms with Gasteiger partial charge in [-0.1, -0.05) is 12.0 Å². The van der Waals surface area contributed by atoms with E-state index in [1.165, 1.54) is 16.7 Å². The zero-order valence-corrected chi connectivity index (χ0v) is 15.3. The second-order valence-corrected chi connectivity index (χ2v) is 6.51. The Morgan fingerprint density at radius 2 is 2.04 bits per heavy atom. The quantitative estimate of drug-likeness (QED) is 0.820. The van der Waals surface area contributed by atoms with Crippen molar-refractivity contribution in [1.82, 2.24) is 9.55 Å². The molecular formula is C20H20FN5O. The zero-order chi connectivity index (χ0) is 19.6. The highest BCUT2D eigenvalue weighted by Crippen LogP contribution is 2.25. The molecule has 1 aliphatic heterocycles. The summed E-state index contributed by atoms with van der Waals surface area (Å²) in [4.78, 5) is 19.6. The Balaban J connectivity index is 2.19. The van der Waals surface area contributed by atoms with E-state index < -0.39 is 5.82 Å². The number of nitrogens with zero attached hydrogens (tertiary/aromatic N) is 4. The molecule has 27 heavy (non-hydrogen) atoms. The summed E-state index contributed by atoms with van der Waals surface area (Å²) in [6.07, 6.45) is 1.63. The number of nitrogens with two attached hydrogens (primary N) is 1. The van der Waals surface area contributed by atoms with Gasteiger partial charge in [0.2, 0.25) is 5.95 Å². The lowest BCUT2D eigenvalue weighted by Crippen LogP contribution is -2.42. The molecule has 0 spiro atoms. The molecule has 1 aromatic heterocycles. The average Bonchev–Trinajstić information content (AvgIpc) is 2.67. The van der Waals surface area contributed by atoms with Crippen molar-refractivity contribution in [2.75, 3.05) is 18.0 Å². The lowest BCUT2D eigenvalue weighted by atomic mass is 10.0. The van der Waals surface area contributed by atoms with Crippen LogP contribution in [0.2, 0.25) is 0 Å². The fourth-order valence-corrected chi connectivity index (χ4v) is 3.17. The van der Waals surface area contributed by atoms with Gasteiger partial charge in [0.25, 0.3) is 5.56 Å². The van der Waals surface area contributed by atoms with E-state index >= 15 is 0 Å². The number of hydrogen-bond donors (Lipinski definition) is 1. The summed E-state index contributed by atoms with van der Waals surface area (Å²) in [5.74, 6) is 5.38. The number of benzene rings is 1. The molecule has 2 heterocycles. The summed E-state index contributed by atoms with van der Waals surface area (Å²) in [5, 5.41) is 8.94. The molecule has 1 fully saturated rings. The van der Waals surface area contributed by atoms with Crippen LogP contribution in [0.4, 0.5) is 10.3 Å². The first kappa shape index (κ1) is 18.6. The van der Waals surface area contributed by atoms with Gasteiger partial charge in [-0.2, -0.15) is 5.26 Å². The molecule has 0 radical (unpaired) electrons. The van der Waals surface area contributed by atoms with E-state index in [-0.39, 0.29) is 22.7 Å². The lowest BCUT2D eigenvalue weighted by molar-refractivity contribution is 0.490. The first-order chi connectivity index (χ1) is 13.0. The molecule has 0 aliphatic carbocycles. The molecule has 0 saturated carbocycles. The fourth-order valence-electron chi connectivity index (χ4n) is 3.17. The topological polar surface area (TPSA) is 87.9 Å². The van der Waals surface area contributed by atoms with Gasteiger partial charge in [0.05, 0.1) is 11.3 Å². The van der Waals surface area contributed by atoms with Gasteiger partial charge in [-0.25, -0.2) is 9.37 Å². The summed E-state index contributed by atoms with van der Waals surface area (Å²) >= 11 is 0. The van der Waals surface area contributed by atoms with Gasteiger partial charge >= 0.3 is 0 Å². The minimum Gasteiger partial charge on any atom is -0.342 e. The molecule has 0 unspecified atom stereocenters. The normalized spacial score (nSPS) is 14.4. The van der Waals surface area contributed by atoms with E-state index in [1.54, 1.807) is 26.1 Å². The van der Waals surface area contributed by atoms with Crippen LogP contribution < -0.4 is 16.2 Å². The third-order valence-electron chi connectivity index (χ3n) is 4.70. The van der Waals surface area contributed by atoms with Crippen molar-refractivity contribution in [2.45, 2.75) is 25.8 Å². The Labute approximate surface area is 157 Å². The highest BCUT2D eigenvalue weighted by molar-refractivity contribution is 5.69. The number of hydrogen-bond acceptors (Lipinski definition) is 5. The number of piperidine rings is 1. The average molecular weight is 365 g/mol. The van der Waals surface area contributed by atoms with Crippen LogP contribution in [0, 0.1) is 29.0 Å². The number of aromatic nitrogens is 2. The highest BCUT2D eigenvalue weighted by Gasteiger charge is 2.23. The Morgan fingerprint density at radius 1 is 1.33 bits per heavy atom. The standard InChI is InChI=1S/C20H20FN5O/c1-3-4-16-18(13-5-6-14(12-22)17(21)11-13)24-20(25(2)19(16)27)26-9-7-15(23)8-10-26/h5-6,11,15H,7-10,23H2,1-2H3. The van der Waals surface area contributed by atoms with Gasteiger partial charge in [-0.15, -0.1) is 5.92 Å². The van der Waals surface area contributed by atoms with E-state index in [2.05, 4.69) is 16.8 Å². The van der Waals surface area contributed by atoms with Gasteiger partial charge in [0.15, 0.2) is 0 Å². The van der Waals surface area contributed by atoms with E-state index in [0.717, 1.165) is 12.8 Å². The predicted octanol–water partition coefficient (Wildman–Crippen LogP) is 1.76. The molecule has 0 amide bonds. The molecule has 138 valence electrons. The molecule has 1 aromatic carbocycles. The Hall–Kier alpha value is -3.16. The monoisotopic (exact) mass is 365 g/mol. The summed E-state index contributed by atoms with van der Waals surface area (Å²) < 4.78 is 15.6. The molecule has 6 nitrogen and oxygen atoms in total. The Morgan fingerprint density at radius 3 is 2.63 bits per heavy atom. The van der Waals surface area contributed by atoms with E-state index in [9.17, 15) is 9.18 Å². The molecule has 1 saturated heterocycles. The number of halogens is 1. The summed E-state index contributed by atoms with van der Waals surface area (Å²) in [7, 11) is 1.66. The number of anilines is 1. The minimum absolute atomic E-state index is 0.0593. The van der Waals surface area contributed by atoms with Crippen molar-refractivity contribution in [3.05, 3.63) is 45.5 Å². The van der Waals surface area contributed by atoms with Crippen LogP contribution in [0.5, 0.6) is 0 Å². The number of nitriles is 1. The summed E-state index contributed by atoms with van der Waals surface area (Å²) in [6, 6.07) is 6.13. The van der Waals surface area contributed by atoms with Crippen LogP contribution in [0.25, 0.3) is 11.3 Å². The van der Waals surface area contributed by atoms with Crippen LogP contribution in [-0.4, -0.2) is 28.7 Å². The van der Waals surface area contributed by atoms with E-state index in [4.69, 9.17) is 11.0 Å². The van der Waals surface area contributed by atoms with Gasteiger partial charge in [0.1, 0.15) is 17.4 Å². The maximum Gasteiger partial charge on any atom is 0.271 e. The van der Waals surface area contributed by atoms with Crippen molar-refractivity contribution < 1.29 is 4.39 Å². The molecule has 2 N–H and O–H groups in total. The van der Waals surface area contributed by atoms with Crippen molar-refractivity contribution in [3.8, 4) is 29.2 Å². The van der Waals surface area contributed by atoms with Crippen LogP contribution >= 0.6 is 0 Å². The molecule has 7 heteroatoms. The second kappa shape index (κ2) is 7.61. The lowest BCUT2D eigenvalue weighted by Gasteiger charge is -2.32. The van der Waals surface area contributed by atoms with Gasteiger partial charge in [-0.05, 0) is 31.9 Å². The molecule has 3 rings (SSSR count). The van der Waals surface area contributed by atoms with Crippen LogP contribution in [0.3, 0.4) is 0 Å². The first-order valence-electron chi connectivity index (χ1n) is 8.70. The van der Waals surface area contributed by atoms with Gasteiger partial charge in [-0.3, -0.25) is 9.36 Å². The Bertz CT molecular complexity index is 1030. The molecule has 1 aliphatic rings. The predicted molar refractivity (Wildman–Crippen MR) is 102 cm³/mol. The largest absolute Gasteiger partial charge is 0.342 e. The smallest absolute Gasteiger partial charge is 0.271 e. The third-order valence-corrected chi connectivity index (χ3v) is 4.70. The van der Waals surface area contributed by atoms with Gasteiger partial charge < -0.3 is 10.6 Å².